The van der Waals surface area contributed by atoms with Gasteiger partial charge >= 0.3 is 30.1 Å². The molecule has 9 nitrogen and oxygen atoms in total. The highest BCUT2D eigenvalue weighted by molar-refractivity contribution is 5.90. The molecule has 3 aliphatic heterocycles. The van der Waals surface area contributed by atoms with Crippen LogP contribution in [0, 0.1) is 11.8 Å². The minimum Gasteiger partial charge on any atom is -0.459 e. The average Bonchev–Trinajstić information content (AvgIpc) is 3.49. The number of carbonyl (C=O) groups excluding carboxylic acids is 4. The third-order valence-electron chi connectivity index (χ3n) is 6.83. The van der Waals surface area contributed by atoms with E-state index >= 15 is 0 Å². The van der Waals surface area contributed by atoms with Gasteiger partial charge in [-0.2, -0.15) is 13.2 Å². The van der Waals surface area contributed by atoms with Crippen molar-refractivity contribution in [2.45, 2.75) is 75.2 Å². The monoisotopic (exact) mass is 476 g/mol. The summed E-state index contributed by atoms with van der Waals surface area (Å²) in [5, 5.41) is 0. The van der Waals surface area contributed by atoms with Gasteiger partial charge in [-0.25, -0.2) is 9.59 Å². The molecule has 0 amide bonds. The average molecular weight is 476 g/mol. The van der Waals surface area contributed by atoms with Gasteiger partial charge in [0.05, 0.1) is 0 Å². The van der Waals surface area contributed by atoms with E-state index in [1.54, 1.807) is 0 Å². The summed E-state index contributed by atoms with van der Waals surface area (Å²) < 4.78 is 63.7. The summed E-state index contributed by atoms with van der Waals surface area (Å²) >= 11 is 0. The summed E-state index contributed by atoms with van der Waals surface area (Å²) in [6, 6.07) is 0. The topological polar surface area (TPSA) is 114 Å². The molecule has 182 valence electrons. The van der Waals surface area contributed by atoms with E-state index in [4.69, 9.17) is 18.9 Å². The molecule has 6 unspecified atom stereocenters. The van der Waals surface area contributed by atoms with Crippen LogP contribution < -0.4 is 0 Å². The normalized spacial score (nSPS) is 33.5. The van der Waals surface area contributed by atoms with Crippen LogP contribution in [0.3, 0.4) is 0 Å². The Bertz CT molecular complexity index is 877. The maximum atomic E-state index is 13.1. The second-order valence-electron chi connectivity index (χ2n) is 8.69. The predicted molar refractivity (Wildman–Crippen MR) is 99.1 cm³/mol. The Morgan fingerprint density at radius 2 is 1.82 bits per heavy atom. The van der Waals surface area contributed by atoms with Gasteiger partial charge < -0.3 is 23.7 Å². The zero-order valence-electron chi connectivity index (χ0n) is 17.7. The van der Waals surface area contributed by atoms with E-state index in [9.17, 15) is 32.3 Å². The maximum Gasteiger partial charge on any atom is 0.422 e. The highest BCUT2D eigenvalue weighted by Crippen LogP contribution is 2.52. The van der Waals surface area contributed by atoms with Gasteiger partial charge in [0.25, 0.3) is 0 Å². The molecule has 0 aromatic rings. The van der Waals surface area contributed by atoms with Crippen molar-refractivity contribution in [1.82, 2.24) is 0 Å². The van der Waals surface area contributed by atoms with Gasteiger partial charge in [-0.1, -0.05) is 13.5 Å². The molecular weight excluding hydrogens is 453 g/mol. The molecule has 3 heterocycles. The third-order valence-corrected chi connectivity index (χ3v) is 6.83. The maximum absolute atomic E-state index is 13.1. The highest BCUT2D eigenvalue weighted by atomic mass is 19.4. The van der Waals surface area contributed by atoms with Crippen LogP contribution in [0.2, 0.25) is 0 Å². The molecule has 0 N–H and O–H groups in total. The van der Waals surface area contributed by atoms with E-state index < -0.39 is 84.1 Å². The fourth-order valence-electron chi connectivity index (χ4n) is 5.08. The number of alkyl halides is 3. The summed E-state index contributed by atoms with van der Waals surface area (Å²) in [6.45, 7) is 3.37. The highest BCUT2D eigenvalue weighted by Gasteiger charge is 2.72. The van der Waals surface area contributed by atoms with Gasteiger partial charge in [-0.05, 0) is 32.1 Å². The number of halogens is 3. The number of carbonyl (C=O) groups is 4. The molecule has 4 aliphatic rings. The molecule has 1 aliphatic carbocycles. The Morgan fingerprint density at radius 1 is 1.15 bits per heavy atom. The molecule has 4 fully saturated rings. The van der Waals surface area contributed by atoms with Crippen LogP contribution in [-0.4, -0.2) is 66.7 Å². The minimum atomic E-state index is -5.00. The first kappa shape index (κ1) is 23.5. The van der Waals surface area contributed by atoms with Crippen LogP contribution in [0.5, 0.6) is 0 Å². The predicted octanol–water partition coefficient (Wildman–Crippen LogP) is 1.76. The summed E-state index contributed by atoms with van der Waals surface area (Å²) in [7, 11) is 0. The van der Waals surface area contributed by atoms with Crippen LogP contribution in [0.4, 0.5) is 13.2 Å². The first-order valence-electron chi connectivity index (χ1n) is 10.7. The smallest absolute Gasteiger partial charge is 0.422 e. The molecule has 0 aromatic carbocycles. The van der Waals surface area contributed by atoms with Crippen molar-refractivity contribution >= 4 is 23.9 Å². The Kier molecular flexibility index (Phi) is 5.92. The van der Waals surface area contributed by atoms with Crippen molar-refractivity contribution in [3.63, 3.8) is 0 Å². The second kappa shape index (κ2) is 8.30. The molecule has 6 atom stereocenters. The Hall–Kier alpha value is -2.63. The molecule has 4 rings (SSSR count). The number of hydrogen-bond donors (Lipinski definition) is 0. The second-order valence-corrected chi connectivity index (χ2v) is 8.69. The molecule has 12 heteroatoms. The van der Waals surface area contributed by atoms with Crippen LogP contribution >= 0.6 is 0 Å². The molecule has 1 saturated carbocycles. The Labute approximate surface area is 186 Å². The molecule has 0 radical (unpaired) electrons. The lowest BCUT2D eigenvalue weighted by Gasteiger charge is -2.32. The van der Waals surface area contributed by atoms with E-state index in [0.717, 1.165) is 12.8 Å². The van der Waals surface area contributed by atoms with Gasteiger partial charge in [0.1, 0.15) is 35.2 Å². The number of rotatable bonds is 7. The number of ether oxygens (including phenoxy) is 5. The number of hydrogen-bond acceptors (Lipinski definition) is 9. The van der Waals surface area contributed by atoms with Gasteiger partial charge in [-0.15, -0.1) is 0 Å². The van der Waals surface area contributed by atoms with Gasteiger partial charge in [0, 0.05) is 0 Å². The van der Waals surface area contributed by atoms with E-state index in [0.29, 0.717) is 19.3 Å². The van der Waals surface area contributed by atoms with Crippen LogP contribution in [0.1, 0.15) is 39.0 Å². The van der Waals surface area contributed by atoms with Gasteiger partial charge in [0.15, 0.2) is 18.8 Å². The summed E-state index contributed by atoms with van der Waals surface area (Å²) in [4.78, 5) is 49.0. The fraction of sp³-hybridized carbons (Fsp3) is 0.714. The number of fused-ring (bicyclic) bond motifs is 1. The third kappa shape index (κ3) is 4.09. The lowest BCUT2D eigenvalue weighted by atomic mass is 9.78. The van der Waals surface area contributed by atoms with E-state index in [-0.39, 0.29) is 0 Å². The standard InChI is InChI=1S/C21H23F3O9/c1-3-20(6-4-5-7-20)33-19(28)12-11-13-16(32-18(11)27)15(14(12)31-13)30-10(25)8-29-17(26)9(2)21(22,23)24/h11-16H,2-8H2,1H3. The molecule has 0 spiro atoms. The lowest BCUT2D eigenvalue weighted by molar-refractivity contribution is -0.175. The molecule has 2 bridgehead atoms. The number of esters is 4. The summed E-state index contributed by atoms with van der Waals surface area (Å²) in [5.41, 5.74) is -2.38. The van der Waals surface area contributed by atoms with Crippen LogP contribution in [0.25, 0.3) is 0 Å². The first-order valence-corrected chi connectivity index (χ1v) is 10.7. The van der Waals surface area contributed by atoms with E-state index in [1.165, 1.54) is 0 Å². The molecule has 0 aromatic heterocycles. The summed E-state index contributed by atoms with van der Waals surface area (Å²) in [6.07, 6.45) is -5.12. The SMILES string of the molecule is C=C(C(=O)OCC(=O)OC1C2OC(=O)C3C2OC1C3C(=O)OC1(CC)CCCC1)C(F)(F)F. The van der Waals surface area contributed by atoms with Crippen LogP contribution in [-0.2, 0) is 42.9 Å². The molecule has 3 saturated heterocycles. The first-order chi connectivity index (χ1) is 15.5. The van der Waals surface area contributed by atoms with Crippen molar-refractivity contribution in [2.75, 3.05) is 6.61 Å². The zero-order chi connectivity index (χ0) is 24.1. The van der Waals surface area contributed by atoms with Crippen molar-refractivity contribution in [1.29, 1.82) is 0 Å². The lowest BCUT2D eigenvalue weighted by Crippen LogP contribution is -2.49. The van der Waals surface area contributed by atoms with Crippen molar-refractivity contribution in [3.8, 4) is 0 Å². The van der Waals surface area contributed by atoms with Crippen molar-refractivity contribution in [3.05, 3.63) is 12.2 Å². The van der Waals surface area contributed by atoms with Crippen molar-refractivity contribution in [2.24, 2.45) is 11.8 Å². The molecule has 33 heavy (non-hydrogen) atoms. The zero-order valence-corrected chi connectivity index (χ0v) is 17.7. The largest absolute Gasteiger partial charge is 0.459 e. The Morgan fingerprint density at radius 3 is 2.42 bits per heavy atom. The minimum absolute atomic E-state index is 0.609. The summed E-state index contributed by atoms with van der Waals surface area (Å²) in [5.74, 6) is -6.24. The fourth-order valence-corrected chi connectivity index (χ4v) is 5.08. The van der Waals surface area contributed by atoms with Gasteiger partial charge in [0.2, 0.25) is 0 Å². The van der Waals surface area contributed by atoms with E-state index in [2.05, 4.69) is 11.3 Å². The Balaban J connectivity index is 1.41. The molecular formula is C21H23F3O9. The van der Waals surface area contributed by atoms with Crippen molar-refractivity contribution < 1.29 is 56.0 Å². The van der Waals surface area contributed by atoms with Crippen LogP contribution in [0.15, 0.2) is 12.2 Å². The van der Waals surface area contributed by atoms with Gasteiger partial charge in [-0.3, -0.25) is 9.59 Å². The quantitative estimate of drug-likeness (QED) is 0.308. The van der Waals surface area contributed by atoms with E-state index in [1.807, 2.05) is 6.92 Å².